The first-order chi connectivity index (χ1) is 22.5. The van der Waals surface area contributed by atoms with Gasteiger partial charge in [0.1, 0.15) is 35.6 Å². The first kappa shape index (κ1) is 34.5. The largest absolute Gasteiger partial charge is 0.508 e. The number of phenols is 1. The van der Waals surface area contributed by atoms with Gasteiger partial charge in [-0.2, -0.15) is 9.97 Å². The minimum atomic E-state index is -0.908. The van der Waals surface area contributed by atoms with E-state index in [0.717, 1.165) is 62.6 Å². The summed E-state index contributed by atoms with van der Waals surface area (Å²) < 4.78 is 37.7. The minimum absolute atomic E-state index is 0. The van der Waals surface area contributed by atoms with Gasteiger partial charge in [0.05, 0.1) is 10.9 Å². The minimum Gasteiger partial charge on any atom is -0.508 e. The molecule has 48 heavy (non-hydrogen) atoms. The van der Waals surface area contributed by atoms with Gasteiger partial charge in [-0.25, -0.2) is 8.78 Å². The molecular weight excluding hydrogens is 642 g/mol. The summed E-state index contributed by atoms with van der Waals surface area (Å²) in [5.41, 5.74) is 8.16. The molecule has 1 aliphatic carbocycles. The Kier molecular flexibility index (Phi) is 9.72. The highest BCUT2D eigenvalue weighted by atomic mass is 35.5. The van der Waals surface area contributed by atoms with E-state index in [-0.39, 0.29) is 54.3 Å². The van der Waals surface area contributed by atoms with Gasteiger partial charge in [-0.05, 0) is 100 Å². The highest BCUT2D eigenvalue weighted by Gasteiger charge is 2.49. The Labute approximate surface area is 285 Å². The molecule has 4 aliphatic rings. The molecule has 0 spiro atoms. The number of hydrogen-bond donors (Lipinski definition) is 3. The number of aryl methyl sites for hydroxylation is 1. The van der Waals surface area contributed by atoms with E-state index < -0.39 is 29.0 Å². The number of benzene rings is 1. The normalized spacial score (nSPS) is 27.0. The number of anilines is 1. The second-order valence-corrected chi connectivity index (χ2v) is 14.5. The topological polar surface area (TPSA) is 138 Å². The number of carboxylic acids is 1. The number of hydrogen-bond acceptors (Lipinski definition) is 9. The Morgan fingerprint density at radius 1 is 1.19 bits per heavy atom. The van der Waals surface area contributed by atoms with E-state index in [2.05, 4.69) is 14.9 Å². The van der Waals surface area contributed by atoms with Crippen molar-refractivity contribution in [1.82, 2.24) is 19.9 Å². The molecule has 3 aromatic rings. The van der Waals surface area contributed by atoms with Gasteiger partial charge in [-0.1, -0.05) is 0 Å². The molecule has 260 valence electrons. The fourth-order valence-corrected chi connectivity index (χ4v) is 8.66. The van der Waals surface area contributed by atoms with Crippen LogP contribution in [0, 0.1) is 5.82 Å². The van der Waals surface area contributed by atoms with Crippen LogP contribution in [0.3, 0.4) is 0 Å². The van der Waals surface area contributed by atoms with Crippen molar-refractivity contribution in [2.75, 3.05) is 37.7 Å². The summed E-state index contributed by atoms with van der Waals surface area (Å²) in [4.78, 5) is 29.5. The van der Waals surface area contributed by atoms with Crippen LogP contribution in [0.25, 0.3) is 22.2 Å². The van der Waals surface area contributed by atoms with Crippen LogP contribution in [-0.4, -0.2) is 86.1 Å². The summed E-state index contributed by atoms with van der Waals surface area (Å²) in [6.45, 7) is 4.62. The standard InChI is InChI=1S/C35H44F2N6O4.ClH/c1-34(38)10-4-12-42(19-34)32-26-17-39-30(25-15-24(44)14-22-8-2-6-21(28(22)25)7-3-9-27(45)46)29(37)31(26)40-33(41-32)47-20-35-11-5-13-43(35)18-23(36)16-35;/h14-15,17,21,23,44H,2-13,16,18-20,38H2,1H3,(H,45,46);1H/t21?,23-,34-,35+;/m1./s1. The van der Waals surface area contributed by atoms with Crippen molar-refractivity contribution in [1.29, 1.82) is 0 Å². The number of alkyl halides is 1. The summed E-state index contributed by atoms with van der Waals surface area (Å²) in [7, 11) is 0. The number of phenolic OH excluding ortho intramolecular Hbond substituents is 1. The lowest BCUT2D eigenvalue weighted by molar-refractivity contribution is -0.137. The van der Waals surface area contributed by atoms with Gasteiger partial charge in [0.25, 0.3) is 0 Å². The van der Waals surface area contributed by atoms with E-state index in [4.69, 9.17) is 15.5 Å². The molecule has 1 unspecified atom stereocenters. The molecule has 2 aromatic heterocycles. The fourth-order valence-electron chi connectivity index (χ4n) is 8.66. The third kappa shape index (κ3) is 6.63. The number of rotatable bonds is 9. The Morgan fingerprint density at radius 2 is 2.00 bits per heavy atom. The molecule has 3 aliphatic heterocycles. The molecule has 13 heteroatoms. The monoisotopic (exact) mass is 686 g/mol. The number of pyridine rings is 1. The van der Waals surface area contributed by atoms with Crippen LogP contribution in [0.2, 0.25) is 0 Å². The summed E-state index contributed by atoms with van der Waals surface area (Å²) in [5, 5.41) is 20.4. The van der Waals surface area contributed by atoms with Crippen molar-refractivity contribution in [3.63, 3.8) is 0 Å². The molecule has 4 atom stereocenters. The van der Waals surface area contributed by atoms with Gasteiger partial charge in [0, 0.05) is 49.8 Å². The first-order valence-electron chi connectivity index (χ1n) is 17.0. The number of nitrogens with two attached hydrogens (primary N) is 1. The van der Waals surface area contributed by atoms with E-state index in [1.54, 1.807) is 18.3 Å². The van der Waals surface area contributed by atoms with Crippen LogP contribution in [0.4, 0.5) is 14.6 Å². The molecule has 0 saturated carbocycles. The molecule has 4 N–H and O–H groups in total. The molecule has 3 fully saturated rings. The van der Waals surface area contributed by atoms with Crippen molar-refractivity contribution < 1.29 is 28.5 Å². The quantitative estimate of drug-likeness (QED) is 0.249. The zero-order valence-corrected chi connectivity index (χ0v) is 28.2. The van der Waals surface area contributed by atoms with Crippen LogP contribution >= 0.6 is 12.4 Å². The smallest absolute Gasteiger partial charge is 0.319 e. The van der Waals surface area contributed by atoms with Crippen molar-refractivity contribution >= 4 is 35.1 Å². The summed E-state index contributed by atoms with van der Waals surface area (Å²) in [5.74, 6) is -0.947. The van der Waals surface area contributed by atoms with E-state index in [0.29, 0.717) is 55.7 Å². The summed E-state index contributed by atoms with van der Waals surface area (Å²) >= 11 is 0. The van der Waals surface area contributed by atoms with Gasteiger partial charge >= 0.3 is 12.0 Å². The van der Waals surface area contributed by atoms with Crippen molar-refractivity contribution in [3.8, 4) is 23.0 Å². The Bertz CT molecular complexity index is 1690. The van der Waals surface area contributed by atoms with Crippen molar-refractivity contribution in [3.05, 3.63) is 35.3 Å². The molecule has 3 saturated heterocycles. The predicted octanol–water partition coefficient (Wildman–Crippen LogP) is 5.91. The van der Waals surface area contributed by atoms with Gasteiger partial charge in [-0.15, -0.1) is 12.4 Å². The van der Waals surface area contributed by atoms with Gasteiger partial charge in [0.15, 0.2) is 5.82 Å². The number of carboxylic acid groups (broad SMARTS) is 1. The van der Waals surface area contributed by atoms with Crippen LogP contribution < -0.4 is 15.4 Å². The number of fused-ring (bicyclic) bond motifs is 3. The lowest BCUT2D eigenvalue weighted by atomic mass is 9.77. The summed E-state index contributed by atoms with van der Waals surface area (Å²) in [6.07, 6.45) is 8.25. The number of carbonyl (C=O) groups is 1. The SMILES string of the molecule is C[C@@]1(N)CCCN(c2nc(OC[C@@]34CCCN3C[C@H](F)C4)nc3c(F)c(-c4cc(O)cc5c4C(CCCC(=O)O)CCC5)ncc23)C1.Cl. The average molecular weight is 687 g/mol. The van der Waals surface area contributed by atoms with E-state index >= 15 is 4.39 Å². The van der Waals surface area contributed by atoms with Gasteiger partial charge in [0.2, 0.25) is 0 Å². The molecule has 0 radical (unpaired) electrons. The van der Waals surface area contributed by atoms with E-state index in [1.165, 1.54) is 0 Å². The van der Waals surface area contributed by atoms with Gasteiger partial charge < -0.3 is 25.6 Å². The second kappa shape index (κ2) is 13.5. The molecule has 0 amide bonds. The Hall–Kier alpha value is -3.35. The Morgan fingerprint density at radius 3 is 2.79 bits per heavy atom. The van der Waals surface area contributed by atoms with Gasteiger partial charge in [-0.3, -0.25) is 14.7 Å². The van der Waals surface area contributed by atoms with E-state index in [1.807, 2.05) is 11.8 Å². The summed E-state index contributed by atoms with van der Waals surface area (Å²) in [6, 6.07) is 3.31. The zero-order chi connectivity index (χ0) is 32.9. The average Bonchev–Trinajstić information content (AvgIpc) is 3.54. The first-order valence-corrected chi connectivity index (χ1v) is 17.0. The van der Waals surface area contributed by atoms with Crippen LogP contribution in [0.15, 0.2) is 18.3 Å². The number of piperidine rings is 1. The second-order valence-electron chi connectivity index (χ2n) is 14.5. The molecule has 0 bridgehead atoms. The van der Waals surface area contributed by atoms with Crippen LogP contribution in [0.1, 0.15) is 88.2 Å². The molecule has 10 nitrogen and oxygen atoms in total. The maximum atomic E-state index is 17.0. The molecular formula is C35H45ClF2N6O4. The highest BCUT2D eigenvalue weighted by molar-refractivity contribution is 5.92. The lowest BCUT2D eigenvalue weighted by Crippen LogP contribution is -2.52. The maximum Gasteiger partial charge on any atom is 0.319 e. The third-order valence-electron chi connectivity index (χ3n) is 10.8. The molecule has 7 rings (SSSR count). The van der Waals surface area contributed by atoms with E-state index in [9.17, 15) is 19.4 Å². The number of aromatic nitrogens is 3. The van der Waals surface area contributed by atoms with Crippen LogP contribution in [0.5, 0.6) is 11.8 Å². The van der Waals surface area contributed by atoms with Crippen molar-refractivity contribution in [2.24, 2.45) is 5.73 Å². The fraction of sp³-hybridized carbons (Fsp3) is 0.600. The zero-order valence-electron chi connectivity index (χ0n) is 27.4. The molecule has 5 heterocycles. The Balaban J connectivity index is 0.00000401. The van der Waals surface area contributed by atoms with Crippen LogP contribution in [-0.2, 0) is 11.2 Å². The highest BCUT2D eigenvalue weighted by Crippen LogP contribution is 2.45. The van der Waals surface area contributed by atoms with Crippen molar-refractivity contribution in [2.45, 2.75) is 101 Å². The number of halogens is 3. The molecule has 1 aromatic carbocycles. The maximum absolute atomic E-state index is 17.0. The number of nitrogens with zero attached hydrogens (tertiary/aromatic N) is 5. The third-order valence-corrected chi connectivity index (χ3v) is 10.8. The lowest BCUT2D eigenvalue weighted by Gasteiger charge is -2.39. The predicted molar refractivity (Wildman–Crippen MR) is 181 cm³/mol. The number of aliphatic carboxylic acids is 1. The number of ether oxygens (including phenoxy) is 1. The number of aromatic hydroxyl groups is 1.